The van der Waals surface area contributed by atoms with E-state index in [1.807, 2.05) is 12.1 Å². The second-order valence-corrected chi connectivity index (χ2v) is 17.5. The van der Waals surface area contributed by atoms with Gasteiger partial charge in [0.2, 0.25) is 5.96 Å². The Bertz CT molecular complexity index is 4010. The summed E-state index contributed by atoms with van der Waals surface area (Å²) in [6, 6.07) is 69.6. The van der Waals surface area contributed by atoms with Crippen molar-refractivity contribution in [2.24, 2.45) is 4.99 Å². The van der Waals surface area contributed by atoms with Crippen LogP contribution in [0.4, 0.5) is 11.4 Å². The number of benzene rings is 9. The maximum atomic E-state index is 6.57. The second-order valence-electron chi connectivity index (χ2n) is 17.5. The van der Waals surface area contributed by atoms with Crippen LogP contribution in [0.15, 0.2) is 233 Å². The van der Waals surface area contributed by atoms with Gasteiger partial charge in [-0.1, -0.05) is 182 Å². The molecule has 0 radical (unpaired) electrons. The molecule has 4 heterocycles. The quantitative estimate of drug-likeness (QED) is 0.192. The van der Waals surface area contributed by atoms with E-state index < -0.39 is 0 Å². The predicted octanol–water partition coefficient (Wildman–Crippen LogP) is 15.7. The van der Waals surface area contributed by atoms with Gasteiger partial charge in [0.05, 0.1) is 34.1 Å². The normalized spacial score (nSPS) is 15.3. The van der Waals surface area contributed by atoms with Crippen molar-refractivity contribution in [1.82, 2.24) is 9.88 Å². The number of hydrogen-bond acceptors (Lipinski definition) is 4. The highest BCUT2D eigenvalue weighted by Gasteiger charge is 2.32. The van der Waals surface area contributed by atoms with Crippen LogP contribution in [0.1, 0.15) is 16.7 Å². The number of rotatable bonds is 4. The summed E-state index contributed by atoms with van der Waals surface area (Å²) < 4.78 is 8.96. The van der Waals surface area contributed by atoms with Crippen molar-refractivity contribution in [3.05, 3.63) is 241 Å². The number of furan rings is 1. The summed E-state index contributed by atoms with van der Waals surface area (Å²) in [5.74, 6) is 0.756. The Morgan fingerprint density at radius 3 is 2.07 bits per heavy atom. The molecule has 1 aliphatic carbocycles. The zero-order chi connectivity index (χ0) is 44.0. The Morgan fingerprint density at radius 1 is 0.478 bits per heavy atom. The summed E-state index contributed by atoms with van der Waals surface area (Å²) in [5.41, 5.74) is 17.1. The highest BCUT2D eigenvalue weighted by atomic mass is 16.3. The van der Waals surface area contributed by atoms with Gasteiger partial charge in [0.1, 0.15) is 11.2 Å². The number of aliphatic imine (C=N–C) groups is 1. The molecule has 67 heavy (non-hydrogen) atoms. The fourth-order valence-electron chi connectivity index (χ4n) is 10.6. The summed E-state index contributed by atoms with van der Waals surface area (Å²) in [6.07, 6.45) is 13.2. The molecule has 3 aliphatic rings. The highest BCUT2D eigenvalue weighted by molar-refractivity contribution is 6.17. The SMILES string of the molecule is C1=CC2=C(c3ccc(-c4cccc5ccccc45)cc3)N=C(N3c4ccc(-c5cccc6c5oc5ccccc56)cc4C=Cc4cc5c(cc43)c3ccccc3n5-c3ccccc3)NC2C=C1. The van der Waals surface area contributed by atoms with Crippen molar-refractivity contribution in [3.63, 3.8) is 0 Å². The molecule has 0 amide bonds. The lowest BCUT2D eigenvalue weighted by Crippen LogP contribution is -2.47. The summed E-state index contributed by atoms with van der Waals surface area (Å²) >= 11 is 0. The third kappa shape index (κ3) is 5.91. The molecule has 1 unspecified atom stereocenters. The van der Waals surface area contributed by atoms with Crippen molar-refractivity contribution in [2.75, 3.05) is 4.90 Å². The molecular weight excluding hydrogens is 817 g/mol. The van der Waals surface area contributed by atoms with Crippen LogP contribution in [0, 0.1) is 0 Å². The average molecular weight is 857 g/mol. The van der Waals surface area contributed by atoms with Crippen molar-refractivity contribution < 1.29 is 4.42 Å². The first-order valence-electron chi connectivity index (χ1n) is 22.9. The standard InChI is InChI=1S/C62H40N4O/c1-2-16-45(17-3-1)65-56-26-10-7-19-49(56)53-38-57-44(37-58(53)65)33-32-43-36-42(48-23-13-24-51-50-20-8-11-27-59(50)67-61(48)51)34-35-55(43)66(57)62-63-54-25-9-6-21-52(54)60(64-62)41-30-28-40(29-31-41)47-22-12-15-39-14-4-5-18-46(39)47/h1-38,54H,(H,63,64). The zero-order valence-corrected chi connectivity index (χ0v) is 36.3. The number of nitrogens with one attached hydrogen (secondary N) is 1. The lowest BCUT2D eigenvalue weighted by atomic mass is 9.93. The minimum Gasteiger partial charge on any atom is -0.455 e. The fourth-order valence-corrected chi connectivity index (χ4v) is 10.6. The molecule has 5 nitrogen and oxygen atoms in total. The van der Waals surface area contributed by atoms with Crippen LogP contribution in [0.5, 0.6) is 0 Å². The maximum absolute atomic E-state index is 6.57. The maximum Gasteiger partial charge on any atom is 0.209 e. The van der Waals surface area contributed by atoms with E-state index in [1.54, 1.807) is 0 Å². The monoisotopic (exact) mass is 856 g/mol. The number of para-hydroxylation sites is 4. The third-order valence-corrected chi connectivity index (χ3v) is 13.8. The van der Waals surface area contributed by atoms with E-state index in [9.17, 15) is 0 Å². The van der Waals surface area contributed by atoms with Gasteiger partial charge in [-0.05, 0) is 81.6 Å². The molecule has 0 saturated carbocycles. The Kier molecular flexibility index (Phi) is 8.28. The van der Waals surface area contributed by atoms with E-state index in [2.05, 4.69) is 233 Å². The van der Waals surface area contributed by atoms with E-state index >= 15 is 0 Å². The molecule has 2 aromatic heterocycles. The minimum atomic E-state index is -0.0953. The molecule has 1 N–H and O–H groups in total. The second kappa shape index (κ2) is 14.8. The number of aromatic nitrogens is 1. The number of guanidine groups is 1. The molecule has 14 rings (SSSR count). The summed E-state index contributed by atoms with van der Waals surface area (Å²) in [5, 5.41) is 11.0. The van der Waals surface area contributed by atoms with Crippen LogP contribution in [0.25, 0.3) is 100 Å². The smallest absolute Gasteiger partial charge is 0.209 e. The number of hydrogen-bond donors (Lipinski definition) is 1. The summed E-state index contributed by atoms with van der Waals surface area (Å²) in [4.78, 5) is 8.02. The molecule has 0 fully saturated rings. The van der Waals surface area contributed by atoms with Crippen LogP contribution in [0.2, 0.25) is 0 Å². The van der Waals surface area contributed by atoms with Crippen LogP contribution in [-0.2, 0) is 0 Å². The van der Waals surface area contributed by atoms with Gasteiger partial charge in [0.15, 0.2) is 0 Å². The van der Waals surface area contributed by atoms with Crippen LogP contribution in [0.3, 0.4) is 0 Å². The third-order valence-electron chi connectivity index (χ3n) is 13.8. The van der Waals surface area contributed by atoms with Crippen LogP contribution >= 0.6 is 0 Å². The highest BCUT2D eigenvalue weighted by Crippen LogP contribution is 2.45. The lowest BCUT2D eigenvalue weighted by molar-refractivity contribution is 0.670. The molecular formula is C62H40N4O. The molecule has 11 aromatic rings. The van der Waals surface area contributed by atoms with Gasteiger partial charge in [-0.15, -0.1) is 0 Å². The Hall–Kier alpha value is -8.93. The van der Waals surface area contributed by atoms with E-state index in [0.717, 1.165) is 89.6 Å². The van der Waals surface area contributed by atoms with Crippen molar-refractivity contribution in [1.29, 1.82) is 0 Å². The molecule has 314 valence electrons. The van der Waals surface area contributed by atoms with Gasteiger partial charge < -0.3 is 14.3 Å². The minimum absolute atomic E-state index is 0.0953. The topological polar surface area (TPSA) is 45.7 Å². The van der Waals surface area contributed by atoms with Crippen LogP contribution in [-0.4, -0.2) is 16.6 Å². The van der Waals surface area contributed by atoms with Gasteiger partial charge in [-0.25, -0.2) is 4.99 Å². The first kappa shape index (κ1) is 37.4. The zero-order valence-electron chi connectivity index (χ0n) is 36.3. The number of nitrogens with zero attached hydrogens (tertiary/aromatic N) is 3. The fraction of sp³-hybridized carbons (Fsp3) is 0.0161. The number of anilines is 2. The molecule has 2 aliphatic heterocycles. The molecule has 0 bridgehead atoms. The molecule has 0 spiro atoms. The van der Waals surface area contributed by atoms with Gasteiger partial charge in [-0.3, -0.25) is 4.90 Å². The van der Waals surface area contributed by atoms with Gasteiger partial charge in [0.25, 0.3) is 0 Å². The van der Waals surface area contributed by atoms with Crippen molar-refractivity contribution in [3.8, 4) is 27.9 Å². The van der Waals surface area contributed by atoms with Gasteiger partial charge in [0, 0.05) is 49.5 Å². The van der Waals surface area contributed by atoms with Crippen LogP contribution < -0.4 is 10.2 Å². The van der Waals surface area contributed by atoms with E-state index in [4.69, 9.17) is 9.41 Å². The van der Waals surface area contributed by atoms with Gasteiger partial charge >= 0.3 is 0 Å². The first-order chi connectivity index (χ1) is 33.2. The van der Waals surface area contributed by atoms with E-state index in [1.165, 1.54) is 38.2 Å². The molecule has 0 saturated heterocycles. The lowest BCUT2D eigenvalue weighted by Gasteiger charge is -2.35. The van der Waals surface area contributed by atoms with Gasteiger partial charge in [-0.2, -0.15) is 0 Å². The van der Waals surface area contributed by atoms with Crippen molar-refractivity contribution >= 4 is 89.7 Å². The predicted molar refractivity (Wildman–Crippen MR) is 280 cm³/mol. The average Bonchev–Trinajstić information content (AvgIpc) is 3.88. The van der Waals surface area contributed by atoms with E-state index in [0.29, 0.717) is 0 Å². The number of allylic oxidation sites excluding steroid dienone is 2. The van der Waals surface area contributed by atoms with E-state index in [-0.39, 0.29) is 6.04 Å². The Labute approximate surface area is 386 Å². The first-order valence-corrected chi connectivity index (χ1v) is 22.9. The Balaban J connectivity index is 0.975. The molecule has 1 atom stereocenters. The largest absolute Gasteiger partial charge is 0.455 e. The molecule has 5 heteroatoms. The summed E-state index contributed by atoms with van der Waals surface area (Å²) in [7, 11) is 0. The number of fused-ring (bicyclic) bond motifs is 10. The van der Waals surface area contributed by atoms with Crippen molar-refractivity contribution in [2.45, 2.75) is 6.04 Å². The Morgan fingerprint density at radius 2 is 1.18 bits per heavy atom. The molecule has 9 aromatic carbocycles. The summed E-state index contributed by atoms with van der Waals surface area (Å²) in [6.45, 7) is 0.